The zero-order valence-electron chi connectivity index (χ0n) is 9.39. The van der Waals surface area contributed by atoms with Gasteiger partial charge in [0.05, 0.1) is 0 Å². The summed E-state index contributed by atoms with van der Waals surface area (Å²) in [7, 11) is 0. The van der Waals surface area contributed by atoms with Crippen molar-refractivity contribution in [2.75, 3.05) is 0 Å². The summed E-state index contributed by atoms with van der Waals surface area (Å²) in [4.78, 5) is 0. The predicted octanol–water partition coefficient (Wildman–Crippen LogP) is 0.841. The Morgan fingerprint density at radius 3 is 2.81 bits per heavy atom. The Balaban J connectivity index is 1.52. The molecule has 2 fully saturated rings. The van der Waals surface area contributed by atoms with E-state index in [9.17, 15) is 0 Å². The Hall–Kier alpha value is -0.940. The van der Waals surface area contributed by atoms with Crippen LogP contribution in [0.15, 0.2) is 22.6 Å². The molecule has 1 heterocycles. The lowest BCUT2D eigenvalue weighted by molar-refractivity contribution is 0.336. The highest BCUT2D eigenvalue weighted by molar-refractivity contribution is 5.27. The van der Waals surface area contributed by atoms with Gasteiger partial charge in [-0.05, 0) is 38.2 Å². The maximum Gasteiger partial charge on any atom is 0.120 e. The Bertz CT molecular complexity index is 304. The molecule has 4 N–H and O–H groups in total. The zero-order chi connectivity index (χ0) is 11.0. The van der Waals surface area contributed by atoms with Crippen LogP contribution in [-0.4, -0.2) is 23.7 Å². The fourth-order valence-corrected chi connectivity index (χ4v) is 2.71. The first kappa shape index (κ1) is 10.2. The number of rotatable bonds is 2. The molecule has 0 saturated heterocycles. The molecule has 0 bridgehead atoms. The lowest BCUT2D eigenvalue weighted by Gasteiger charge is -2.27. The van der Waals surface area contributed by atoms with Crippen LogP contribution in [0, 0.1) is 0 Å². The van der Waals surface area contributed by atoms with Crippen LogP contribution in [0.25, 0.3) is 0 Å². The van der Waals surface area contributed by atoms with Crippen molar-refractivity contribution in [3.63, 3.8) is 0 Å². The molecule has 16 heavy (non-hydrogen) atoms. The smallest absolute Gasteiger partial charge is 0.120 e. The Kier molecular flexibility index (Phi) is 2.44. The van der Waals surface area contributed by atoms with Crippen molar-refractivity contribution in [3.8, 4) is 0 Å². The largest absolute Gasteiger partial charge is 0.328 e. The Morgan fingerprint density at radius 1 is 1.31 bits per heavy atom. The summed E-state index contributed by atoms with van der Waals surface area (Å²) < 4.78 is 0. The summed E-state index contributed by atoms with van der Waals surface area (Å²) in [5, 5.41) is 11.8. The van der Waals surface area contributed by atoms with Crippen molar-refractivity contribution in [1.29, 1.82) is 0 Å². The van der Waals surface area contributed by atoms with Crippen LogP contribution in [0.1, 0.15) is 32.1 Å². The van der Waals surface area contributed by atoms with Crippen molar-refractivity contribution < 1.29 is 0 Å². The first-order valence-corrected chi connectivity index (χ1v) is 6.15. The van der Waals surface area contributed by atoms with Crippen LogP contribution in [0.2, 0.25) is 0 Å². The van der Waals surface area contributed by atoms with Gasteiger partial charge in [-0.25, -0.2) is 0 Å². The highest BCUT2D eigenvalue weighted by Gasteiger charge is 2.54. The van der Waals surface area contributed by atoms with Gasteiger partial charge >= 0.3 is 0 Å². The van der Waals surface area contributed by atoms with Gasteiger partial charge in [0.2, 0.25) is 0 Å². The standard InChI is InChI=1S/C11H19N5/c12-8-1-3-9(4-2-8)14-10-7-11(10)5-6-13-16-15-11/h5-6,8-10,14H,1-4,7,12H2,(H,13,15)/t8?,9?,10-,11-/m1/s1. The van der Waals surface area contributed by atoms with E-state index < -0.39 is 0 Å². The number of hydrogen-bond acceptors (Lipinski definition) is 5. The van der Waals surface area contributed by atoms with Gasteiger partial charge in [-0.15, -0.1) is 0 Å². The fraction of sp³-hybridized carbons (Fsp3) is 0.818. The maximum atomic E-state index is 5.90. The van der Waals surface area contributed by atoms with Gasteiger partial charge in [-0.2, -0.15) is 5.11 Å². The van der Waals surface area contributed by atoms with E-state index in [1.807, 2.05) is 6.20 Å². The number of nitrogens with zero attached hydrogens (tertiary/aromatic N) is 2. The van der Waals surface area contributed by atoms with Crippen LogP contribution in [0.3, 0.4) is 0 Å². The van der Waals surface area contributed by atoms with Gasteiger partial charge in [-0.1, -0.05) is 5.22 Å². The molecule has 0 amide bonds. The molecule has 0 aromatic carbocycles. The molecule has 2 aliphatic carbocycles. The molecule has 0 aromatic heterocycles. The van der Waals surface area contributed by atoms with E-state index in [1.54, 1.807) is 0 Å². The summed E-state index contributed by atoms with van der Waals surface area (Å²) in [6.07, 6.45) is 9.78. The highest BCUT2D eigenvalue weighted by atomic mass is 15.5. The lowest BCUT2D eigenvalue weighted by Crippen LogP contribution is -2.40. The monoisotopic (exact) mass is 221 g/mol. The van der Waals surface area contributed by atoms with Gasteiger partial charge in [0.25, 0.3) is 0 Å². The lowest BCUT2D eigenvalue weighted by atomic mass is 9.92. The second kappa shape index (κ2) is 3.82. The molecule has 1 spiro atoms. The summed E-state index contributed by atoms with van der Waals surface area (Å²) in [6.45, 7) is 0. The van der Waals surface area contributed by atoms with Gasteiger partial charge in [0, 0.05) is 24.3 Å². The van der Waals surface area contributed by atoms with Crippen LogP contribution in [-0.2, 0) is 0 Å². The van der Waals surface area contributed by atoms with E-state index in [-0.39, 0.29) is 5.54 Å². The summed E-state index contributed by atoms with van der Waals surface area (Å²) >= 11 is 0. The van der Waals surface area contributed by atoms with Crippen molar-refractivity contribution in [2.45, 2.75) is 55.8 Å². The molecule has 0 radical (unpaired) electrons. The Labute approximate surface area is 95.5 Å². The first-order valence-electron chi connectivity index (χ1n) is 6.15. The SMILES string of the molecule is NC1CCC(N[C@@H]2C[C@]23C=CNN=N3)CC1. The van der Waals surface area contributed by atoms with Gasteiger partial charge in [0.15, 0.2) is 0 Å². The summed E-state index contributed by atoms with van der Waals surface area (Å²) in [6, 6.07) is 1.53. The number of nitrogens with one attached hydrogen (secondary N) is 2. The molecule has 0 aromatic rings. The van der Waals surface area contributed by atoms with E-state index >= 15 is 0 Å². The molecule has 5 heteroatoms. The minimum absolute atomic E-state index is 0.0369. The van der Waals surface area contributed by atoms with E-state index in [0.29, 0.717) is 18.1 Å². The number of nitrogens with two attached hydrogens (primary N) is 1. The van der Waals surface area contributed by atoms with Gasteiger partial charge in [0.1, 0.15) is 5.54 Å². The fourth-order valence-electron chi connectivity index (χ4n) is 2.71. The minimum Gasteiger partial charge on any atom is -0.328 e. The average molecular weight is 221 g/mol. The topological polar surface area (TPSA) is 74.8 Å². The summed E-state index contributed by atoms with van der Waals surface area (Å²) in [5.74, 6) is 0. The van der Waals surface area contributed by atoms with Crippen LogP contribution in [0.4, 0.5) is 0 Å². The van der Waals surface area contributed by atoms with Crippen molar-refractivity contribution in [3.05, 3.63) is 12.3 Å². The Morgan fingerprint density at radius 2 is 2.12 bits per heavy atom. The van der Waals surface area contributed by atoms with E-state index in [1.165, 1.54) is 12.8 Å². The third kappa shape index (κ3) is 1.85. The van der Waals surface area contributed by atoms with Crippen LogP contribution >= 0.6 is 0 Å². The quantitative estimate of drug-likeness (QED) is 0.647. The van der Waals surface area contributed by atoms with E-state index in [2.05, 4.69) is 27.2 Å². The molecule has 0 unspecified atom stereocenters. The minimum atomic E-state index is -0.0369. The molecule has 88 valence electrons. The predicted molar refractivity (Wildman–Crippen MR) is 61.6 cm³/mol. The third-order valence-electron chi connectivity index (χ3n) is 3.92. The van der Waals surface area contributed by atoms with Crippen molar-refractivity contribution >= 4 is 0 Å². The third-order valence-corrected chi connectivity index (χ3v) is 3.92. The molecule has 2 saturated carbocycles. The van der Waals surface area contributed by atoms with E-state index in [0.717, 1.165) is 19.3 Å². The first-order chi connectivity index (χ1) is 7.78. The van der Waals surface area contributed by atoms with Gasteiger partial charge in [-0.3, -0.25) is 5.43 Å². The molecule has 3 aliphatic rings. The molecule has 2 atom stereocenters. The average Bonchev–Trinajstić information content (AvgIpc) is 2.95. The molecule has 5 nitrogen and oxygen atoms in total. The van der Waals surface area contributed by atoms with Crippen molar-refractivity contribution in [1.82, 2.24) is 10.7 Å². The van der Waals surface area contributed by atoms with Crippen molar-refractivity contribution in [2.24, 2.45) is 16.1 Å². The second-order valence-electron chi connectivity index (χ2n) is 5.19. The molecular formula is C11H19N5. The number of hydrogen-bond donors (Lipinski definition) is 3. The van der Waals surface area contributed by atoms with Gasteiger partial charge < -0.3 is 11.1 Å². The van der Waals surface area contributed by atoms with E-state index in [4.69, 9.17) is 5.73 Å². The maximum absolute atomic E-state index is 5.90. The normalized spacial score (nSPS) is 45.7. The summed E-state index contributed by atoms with van der Waals surface area (Å²) in [5.41, 5.74) is 8.61. The zero-order valence-corrected chi connectivity index (χ0v) is 9.39. The van der Waals surface area contributed by atoms with Crippen LogP contribution in [0.5, 0.6) is 0 Å². The molecule has 3 rings (SSSR count). The molecular weight excluding hydrogens is 202 g/mol. The highest BCUT2D eigenvalue weighted by Crippen LogP contribution is 2.43. The van der Waals surface area contributed by atoms with Crippen LogP contribution < -0.4 is 16.5 Å². The second-order valence-corrected chi connectivity index (χ2v) is 5.19. The molecule has 1 aliphatic heterocycles.